The number of hydrogen-bond donors (Lipinski definition) is 0. The van der Waals surface area contributed by atoms with Gasteiger partial charge in [-0.1, -0.05) is 68.8 Å². The summed E-state index contributed by atoms with van der Waals surface area (Å²) in [6, 6.07) is 1.47. The Morgan fingerprint density at radius 1 is 1.33 bits per heavy atom. The van der Waals surface area contributed by atoms with Gasteiger partial charge in [0.2, 0.25) is 0 Å². The van der Waals surface area contributed by atoms with E-state index in [1.54, 1.807) is 5.47 Å². The Labute approximate surface area is 116 Å². The molecule has 0 saturated heterocycles. The molecule has 2 heteroatoms. The second-order valence-corrected chi connectivity index (χ2v) is 8.16. The second-order valence-electron chi connectivity index (χ2n) is 5.49. The predicted molar refractivity (Wildman–Crippen MR) is 88.0 cm³/mol. The first-order chi connectivity index (χ1) is 8.74. The van der Waals surface area contributed by atoms with E-state index < -0.39 is 0 Å². The molecule has 18 heavy (non-hydrogen) atoms. The Morgan fingerprint density at radius 2 is 2.11 bits per heavy atom. The molecule has 99 valence electrons. The van der Waals surface area contributed by atoms with E-state index >= 15 is 0 Å². The van der Waals surface area contributed by atoms with Gasteiger partial charge in [0.15, 0.2) is 6.71 Å². The van der Waals surface area contributed by atoms with Crippen LogP contribution >= 0.6 is 0 Å². The molecular weight excluding hydrogens is 231 g/mol. The van der Waals surface area contributed by atoms with E-state index in [9.17, 15) is 0 Å². The van der Waals surface area contributed by atoms with Crippen molar-refractivity contribution in [2.75, 3.05) is 0 Å². The lowest BCUT2D eigenvalue weighted by Gasteiger charge is -2.20. The summed E-state index contributed by atoms with van der Waals surface area (Å²) in [5, 5.41) is 1.85. The maximum Gasteiger partial charge on any atom is 0.174 e. The molecule has 0 aromatic rings. The van der Waals surface area contributed by atoms with Crippen molar-refractivity contribution in [3.63, 3.8) is 0 Å². The lowest BCUT2D eigenvalue weighted by Crippen LogP contribution is -2.19. The van der Waals surface area contributed by atoms with Crippen LogP contribution in [0.1, 0.15) is 39.0 Å². The van der Waals surface area contributed by atoms with Crippen LogP contribution in [-0.4, -0.2) is 15.5 Å². The first kappa shape index (κ1) is 15.6. The molecule has 0 saturated carbocycles. The van der Waals surface area contributed by atoms with Crippen LogP contribution in [0.4, 0.5) is 0 Å². The molecule has 0 amide bonds. The molecular formula is C16H28BSi. The van der Waals surface area contributed by atoms with Gasteiger partial charge in [-0.15, -0.1) is 18.6 Å². The van der Waals surface area contributed by atoms with Gasteiger partial charge < -0.3 is 0 Å². The lowest BCUT2D eigenvalue weighted by atomic mass is 9.39. The largest absolute Gasteiger partial charge is 0.174 e. The van der Waals surface area contributed by atoms with E-state index in [2.05, 4.69) is 38.8 Å². The monoisotopic (exact) mass is 259 g/mol. The van der Waals surface area contributed by atoms with E-state index in [1.807, 2.05) is 5.20 Å². The first-order valence-corrected chi connectivity index (χ1v) is 9.71. The summed E-state index contributed by atoms with van der Waals surface area (Å²) >= 11 is 0. The smallest absolute Gasteiger partial charge is 0.104 e. The normalized spacial score (nSPS) is 17.8. The number of hydrogen-bond acceptors (Lipinski definition) is 0. The highest BCUT2D eigenvalue weighted by atomic mass is 28.3. The summed E-state index contributed by atoms with van der Waals surface area (Å²) in [5.74, 6) is 0. The molecule has 0 atom stereocenters. The second kappa shape index (κ2) is 8.58. The Bertz CT molecular complexity index is 306. The Kier molecular flexibility index (Phi) is 7.41. The van der Waals surface area contributed by atoms with Crippen LogP contribution in [0.2, 0.25) is 25.2 Å². The lowest BCUT2D eigenvalue weighted by molar-refractivity contribution is 0.800. The third-order valence-electron chi connectivity index (χ3n) is 4.10. The minimum atomic E-state index is -0.263. The van der Waals surface area contributed by atoms with Gasteiger partial charge in [0.25, 0.3) is 0 Å². The van der Waals surface area contributed by atoms with Crippen molar-refractivity contribution < 1.29 is 0 Å². The van der Waals surface area contributed by atoms with Crippen LogP contribution in [0.5, 0.6) is 0 Å². The van der Waals surface area contributed by atoms with E-state index in [1.165, 1.54) is 38.0 Å². The van der Waals surface area contributed by atoms with Gasteiger partial charge in [0.1, 0.15) is 0 Å². The van der Waals surface area contributed by atoms with Gasteiger partial charge >= 0.3 is 0 Å². The zero-order valence-corrected chi connectivity index (χ0v) is 13.3. The van der Waals surface area contributed by atoms with E-state index in [4.69, 9.17) is 0 Å². The molecule has 1 aliphatic rings. The molecule has 0 fully saturated rings. The molecule has 0 N–H and O–H groups in total. The van der Waals surface area contributed by atoms with Crippen molar-refractivity contribution in [1.82, 2.24) is 0 Å². The summed E-state index contributed by atoms with van der Waals surface area (Å²) in [6.45, 7) is 13.5. The minimum absolute atomic E-state index is 0.263. The van der Waals surface area contributed by atoms with Crippen molar-refractivity contribution >= 4 is 15.5 Å². The topological polar surface area (TPSA) is 0 Å². The van der Waals surface area contributed by atoms with Crippen LogP contribution in [0.15, 0.2) is 36.0 Å². The highest BCUT2D eigenvalue weighted by Gasteiger charge is 2.26. The molecule has 0 aromatic heterocycles. The maximum atomic E-state index is 3.97. The third kappa shape index (κ3) is 4.31. The molecule has 0 bridgehead atoms. The fraction of sp³-hybridized carbons (Fsp3) is 0.625. The maximum absolute atomic E-state index is 3.97. The number of allylic oxidation sites excluding steroid dienone is 4. The van der Waals surface area contributed by atoms with Crippen LogP contribution < -0.4 is 0 Å². The van der Waals surface area contributed by atoms with Gasteiger partial charge in [0.05, 0.1) is 8.80 Å². The van der Waals surface area contributed by atoms with Crippen molar-refractivity contribution in [1.29, 1.82) is 0 Å². The highest BCUT2D eigenvalue weighted by molar-refractivity contribution is 6.74. The van der Waals surface area contributed by atoms with E-state index in [-0.39, 0.29) is 8.80 Å². The zero-order chi connectivity index (χ0) is 13.4. The number of unbranched alkanes of at least 4 members (excludes halogenated alkanes) is 1. The quantitative estimate of drug-likeness (QED) is 0.428. The van der Waals surface area contributed by atoms with Crippen molar-refractivity contribution in [3.8, 4) is 0 Å². The van der Waals surface area contributed by atoms with Gasteiger partial charge in [-0.3, -0.25) is 0 Å². The van der Waals surface area contributed by atoms with Crippen LogP contribution in [0.3, 0.4) is 0 Å². The SMILES string of the molecule is C=CCB1CCC[Si](C)C(CCCC)=C1CC=C. The molecule has 0 aliphatic carbocycles. The summed E-state index contributed by atoms with van der Waals surface area (Å²) < 4.78 is 0. The van der Waals surface area contributed by atoms with E-state index in [0.29, 0.717) is 0 Å². The molecule has 0 unspecified atom stereocenters. The van der Waals surface area contributed by atoms with Crippen molar-refractivity contribution in [2.24, 2.45) is 0 Å². The summed E-state index contributed by atoms with van der Waals surface area (Å²) in [4.78, 5) is 0. The molecule has 0 aromatic carbocycles. The van der Waals surface area contributed by atoms with Crippen molar-refractivity contribution in [3.05, 3.63) is 36.0 Å². The van der Waals surface area contributed by atoms with Crippen LogP contribution in [0, 0.1) is 0 Å². The van der Waals surface area contributed by atoms with Crippen LogP contribution in [-0.2, 0) is 0 Å². The molecule has 1 aliphatic heterocycles. The number of rotatable bonds is 7. The van der Waals surface area contributed by atoms with Gasteiger partial charge in [-0.2, -0.15) is 0 Å². The highest BCUT2D eigenvalue weighted by Crippen LogP contribution is 2.31. The standard InChI is InChI=1S/C16H28BSi/c1-5-8-11-16-15(10-6-2)17(12-7-3)13-9-14-18(16)4/h6-7H,2-3,5,8-14H2,1,4H3. The molecule has 0 nitrogen and oxygen atoms in total. The average Bonchev–Trinajstić information content (AvgIpc) is 2.49. The summed E-state index contributed by atoms with van der Waals surface area (Å²) in [6.07, 6.45) is 13.3. The summed E-state index contributed by atoms with van der Waals surface area (Å²) in [5.41, 5.74) is 1.74. The Balaban J connectivity index is 3.00. The van der Waals surface area contributed by atoms with E-state index in [0.717, 1.165) is 19.5 Å². The third-order valence-corrected chi connectivity index (χ3v) is 6.80. The van der Waals surface area contributed by atoms with Crippen molar-refractivity contribution in [2.45, 2.75) is 64.3 Å². The first-order valence-electron chi connectivity index (χ1n) is 7.51. The van der Waals surface area contributed by atoms with Crippen LogP contribution in [0.25, 0.3) is 0 Å². The minimum Gasteiger partial charge on any atom is -0.104 e. The zero-order valence-electron chi connectivity index (χ0n) is 12.3. The Hall–Kier alpha value is -0.498. The fourth-order valence-corrected chi connectivity index (χ4v) is 5.59. The fourth-order valence-electron chi connectivity index (χ4n) is 3.09. The molecule has 1 heterocycles. The summed E-state index contributed by atoms with van der Waals surface area (Å²) in [7, 11) is -0.263. The molecule has 1 radical (unpaired) electrons. The Morgan fingerprint density at radius 3 is 2.72 bits per heavy atom. The molecule has 0 spiro atoms. The predicted octanol–water partition coefficient (Wildman–Crippen LogP) is 5.34. The average molecular weight is 259 g/mol. The van der Waals surface area contributed by atoms with Gasteiger partial charge in [0, 0.05) is 0 Å². The van der Waals surface area contributed by atoms with Gasteiger partial charge in [-0.05, 0) is 12.8 Å². The van der Waals surface area contributed by atoms with Gasteiger partial charge in [-0.25, -0.2) is 0 Å². The molecule has 1 rings (SSSR count).